The molecule has 0 amide bonds. The number of rotatable bonds is 4. The molecule has 0 aromatic heterocycles. The first-order valence-electron chi connectivity index (χ1n) is 5.32. The molecular formula is C15H21N. The highest BCUT2D eigenvalue weighted by Crippen LogP contribution is 2.12. The van der Waals surface area contributed by atoms with Gasteiger partial charge in [0.1, 0.15) is 0 Å². The smallest absolute Gasteiger partial charge is 0.0190 e. The van der Waals surface area contributed by atoms with Gasteiger partial charge in [-0.3, -0.25) is 0 Å². The van der Waals surface area contributed by atoms with E-state index in [-0.39, 0.29) is 6.15 Å². The standard InChI is InChI=1S/C15H18.H3N/c1-4-13(2)9-8-10-14(3)15-11-6-5-7-12-15;/h5-12H,3-4H2,1-2H3;1H3/b10-8-,13-9+;. The molecule has 1 nitrogen and oxygen atoms in total. The van der Waals surface area contributed by atoms with Crippen molar-refractivity contribution in [2.45, 2.75) is 20.3 Å². The highest BCUT2D eigenvalue weighted by Gasteiger charge is 1.90. The lowest BCUT2D eigenvalue weighted by atomic mass is 10.1. The molecule has 0 aliphatic rings. The van der Waals surface area contributed by atoms with Crippen molar-refractivity contribution in [3.8, 4) is 0 Å². The first-order valence-corrected chi connectivity index (χ1v) is 5.32. The first kappa shape index (κ1) is 14.4. The van der Waals surface area contributed by atoms with Crippen molar-refractivity contribution in [1.82, 2.24) is 6.15 Å². The fourth-order valence-electron chi connectivity index (χ4n) is 1.19. The summed E-state index contributed by atoms with van der Waals surface area (Å²) in [5, 5.41) is 0. The molecule has 0 aliphatic heterocycles. The number of allylic oxidation sites excluding steroid dienone is 5. The van der Waals surface area contributed by atoms with Crippen LogP contribution in [-0.4, -0.2) is 0 Å². The van der Waals surface area contributed by atoms with Gasteiger partial charge in [0, 0.05) is 0 Å². The zero-order chi connectivity index (χ0) is 11.1. The third-order valence-corrected chi connectivity index (χ3v) is 2.38. The fraction of sp³-hybridized carbons (Fsp3) is 0.200. The third kappa shape index (κ3) is 4.76. The van der Waals surface area contributed by atoms with Crippen LogP contribution in [0.25, 0.3) is 5.57 Å². The zero-order valence-corrected chi connectivity index (χ0v) is 10.2. The summed E-state index contributed by atoms with van der Waals surface area (Å²) in [6, 6.07) is 10.2. The van der Waals surface area contributed by atoms with Crippen LogP contribution in [0.4, 0.5) is 0 Å². The Labute approximate surface area is 98.8 Å². The molecule has 1 rings (SSSR count). The Balaban J connectivity index is 0.00000225. The second kappa shape index (κ2) is 7.66. The summed E-state index contributed by atoms with van der Waals surface area (Å²) in [5.74, 6) is 0. The van der Waals surface area contributed by atoms with Crippen LogP contribution in [0.5, 0.6) is 0 Å². The Hall–Kier alpha value is -1.60. The predicted octanol–water partition coefficient (Wildman–Crippen LogP) is 4.77. The quantitative estimate of drug-likeness (QED) is 0.721. The maximum Gasteiger partial charge on any atom is -0.0190 e. The summed E-state index contributed by atoms with van der Waals surface area (Å²) >= 11 is 0. The average Bonchev–Trinajstić information content (AvgIpc) is 2.29. The molecule has 86 valence electrons. The molecule has 0 heterocycles. The maximum absolute atomic E-state index is 4.03. The van der Waals surface area contributed by atoms with Crippen molar-refractivity contribution in [3.63, 3.8) is 0 Å². The molecule has 0 radical (unpaired) electrons. The van der Waals surface area contributed by atoms with Crippen LogP contribution in [0.3, 0.4) is 0 Å². The molecule has 3 N–H and O–H groups in total. The summed E-state index contributed by atoms with van der Waals surface area (Å²) < 4.78 is 0. The summed E-state index contributed by atoms with van der Waals surface area (Å²) in [7, 11) is 0. The summed E-state index contributed by atoms with van der Waals surface area (Å²) in [4.78, 5) is 0. The summed E-state index contributed by atoms with van der Waals surface area (Å²) in [5.41, 5.74) is 3.61. The van der Waals surface area contributed by atoms with Gasteiger partial charge in [-0.1, -0.05) is 67.6 Å². The van der Waals surface area contributed by atoms with Gasteiger partial charge in [0.2, 0.25) is 0 Å². The normalized spacial score (nSPS) is 11.2. The van der Waals surface area contributed by atoms with Crippen molar-refractivity contribution < 1.29 is 0 Å². The van der Waals surface area contributed by atoms with Crippen LogP contribution in [0.2, 0.25) is 0 Å². The highest BCUT2D eigenvalue weighted by molar-refractivity contribution is 5.72. The van der Waals surface area contributed by atoms with Crippen LogP contribution in [-0.2, 0) is 0 Å². The van der Waals surface area contributed by atoms with Crippen LogP contribution < -0.4 is 6.15 Å². The molecule has 0 spiro atoms. The molecule has 0 saturated carbocycles. The van der Waals surface area contributed by atoms with E-state index in [1.54, 1.807) is 0 Å². The van der Waals surface area contributed by atoms with E-state index in [1.165, 1.54) is 11.1 Å². The van der Waals surface area contributed by atoms with Gasteiger partial charge < -0.3 is 6.15 Å². The van der Waals surface area contributed by atoms with Gasteiger partial charge in [-0.05, 0) is 24.5 Å². The van der Waals surface area contributed by atoms with Crippen molar-refractivity contribution in [3.05, 3.63) is 66.3 Å². The van der Waals surface area contributed by atoms with Gasteiger partial charge in [-0.2, -0.15) is 0 Å². The van der Waals surface area contributed by atoms with Crippen molar-refractivity contribution >= 4 is 5.57 Å². The summed E-state index contributed by atoms with van der Waals surface area (Å²) in [6.45, 7) is 8.32. The number of hydrogen-bond donors (Lipinski definition) is 1. The Bertz CT molecular complexity index is 372. The lowest BCUT2D eigenvalue weighted by Crippen LogP contribution is -1.76. The minimum atomic E-state index is 0. The van der Waals surface area contributed by atoms with E-state index in [1.807, 2.05) is 18.2 Å². The van der Waals surface area contributed by atoms with E-state index in [9.17, 15) is 0 Å². The average molecular weight is 215 g/mol. The summed E-state index contributed by atoms with van der Waals surface area (Å²) in [6.07, 6.45) is 7.35. The molecule has 0 saturated heterocycles. The first-order chi connectivity index (χ1) is 7.24. The molecule has 0 unspecified atom stereocenters. The molecule has 1 aromatic carbocycles. The van der Waals surface area contributed by atoms with Gasteiger partial charge in [-0.25, -0.2) is 0 Å². The van der Waals surface area contributed by atoms with Gasteiger partial charge in [0.25, 0.3) is 0 Å². The van der Waals surface area contributed by atoms with Gasteiger partial charge in [-0.15, -0.1) is 0 Å². The molecule has 1 heteroatoms. The molecule has 0 bridgehead atoms. The van der Waals surface area contributed by atoms with E-state index < -0.39 is 0 Å². The largest absolute Gasteiger partial charge is 0.344 e. The van der Waals surface area contributed by atoms with Gasteiger partial charge in [0.15, 0.2) is 0 Å². The molecule has 1 aromatic rings. The Morgan fingerprint density at radius 1 is 1.25 bits per heavy atom. The van der Waals surface area contributed by atoms with Gasteiger partial charge >= 0.3 is 0 Å². The SMILES string of the molecule is C=C(/C=C\C=C(/C)CC)c1ccccc1.N. The predicted molar refractivity (Wildman–Crippen MR) is 73.7 cm³/mol. The fourth-order valence-corrected chi connectivity index (χ4v) is 1.19. The lowest BCUT2D eigenvalue weighted by molar-refractivity contribution is 1.10. The third-order valence-electron chi connectivity index (χ3n) is 2.38. The van der Waals surface area contributed by atoms with Crippen molar-refractivity contribution in [2.75, 3.05) is 0 Å². The molecule has 16 heavy (non-hydrogen) atoms. The van der Waals surface area contributed by atoms with Crippen LogP contribution in [0.1, 0.15) is 25.8 Å². The highest BCUT2D eigenvalue weighted by atomic mass is 14.0. The second-order valence-corrected chi connectivity index (χ2v) is 3.62. The minimum absolute atomic E-state index is 0. The van der Waals surface area contributed by atoms with Crippen LogP contribution >= 0.6 is 0 Å². The Kier molecular flexibility index (Phi) is 6.89. The van der Waals surface area contributed by atoms with Gasteiger partial charge in [0.05, 0.1) is 0 Å². The maximum atomic E-state index is 4.03. The molecule has 0 fully saturated rings. The molecule has 0 aliphatic carbocycles. The number of hydrogen-bond acceptors (Lipinski definition) is 1. The molecular weight excluding hydrogens is 194 g/mol. The lowest BCUT2D eigenvalue weighted by Gasteiger charge is -1.98. The van der Waals surface area contributed by atoms with E-state index in [0.717, 1.165) is 12.0 Å². The van der Waals surface area contributed by atoms with E-state index >= 15 is 0 Å². The van der Waals surface area contributed by atoms with Crippen molar-refractivity contribution in [2.24, 2.45) is 0 Å². The van der Waals surface area contributed by atoms with E-state index in [4.69, 9.17) is 0 Å². The zero-order valence-electron chi connectivity index (χ0n) is 10.2. The number of benzene rings is 1. The van der Waals surface area contributed by atoms with Crippen LogP contribution in [0, 0.1) is 0 Å². The van der Waals surface area contributed by atoms with Crippen LogP contribution in [0.15, 0.2) is 60.7 Å². The van der Waals surface area contributed by atoms with Crippen molar-refractivity contribution in [1.29, 1.82) is 0 Å². The van der Waals surface area contributed by atoms with E-state index in [2.05, 4.69) is 50.8 Å². The molecule has 0 atom stereocenters. The second-order valence-electron chi connectivity index (χ2n) is 3.62. The monoisotopic (exact) mass is 215 g/mol. The Morgan fingerprint density at radius 2 is 1.88 bits per heavy atom. The topological polar surface area (TPSA) is 35.0 Å². The van der Waals surface area contributed by atoms with E-state index in [0.29, 0.717) is 0 Å². The minimum Gasteiger partial charge on any atom is -0.344 e. The Morgan fingerprint density at radius 3 is 2.44 bits per heavy atom.